The fourth-order valence-corrected chi connectivity index (χ4v) is 2.93. The Morgan fingerprint density at radius 1 is 1.15 bits per heavy atom. The van der Waals surface area contributed by atoms with E-state index in [1.54, 1.807) is 42.5 Å². The summed E-state index contributed by atoms with van der Waals surface area (Å²) in [5, 5.41) is 17.7. The van der Waals surface area contributed by atoms with Gasteiger partial charge in [-0.25, -0.2) is 0 Å². The van der Waals surface area contributed by atoms with Crippen molar-refractivity contribution in [2.75, 3.05) is 11.9 Å². The van der Waals surface area contributed by atoms with Crippen molar-refractivity contribution in [1.29, 1.82) is 0 Å². The molecule has 1 aliphatic heterocycles. The fraction of sp³-hybridized carbons (Fsp3) is 0.0588. The molecule has 2 N–H and O–H groups in total. The molecule has 0 spiro atoms. The van der Waals surface area contributed by atoms with Gasteiger partial charge >= 0.3 is 0 Å². The molecule has 1 aromatic heterocycles. The maximum Gasteiger partial charge on any atom is 0.255 e. The molecule has 9 heteroatoms. The van der Waals surface area contributed by atoms with Gasteiger partial charge in [-0.1, -0.05) is 23.2 Å². The van der Waals surface area contributed by atoms with Gasteiger partial charge in [-0.05, 0) is 47.7 Å². The van der Waals surface area contributed by atoms with Crippen LogP contribution in [0.5, 0.6) is 5.75 Å². The third-order valence-electron chi connectivity index (χ3n) is 3.79. The molecule has 0 unspecified atom stereocenters. The first kappa shape index (κ1) is 16.6. The van der Waals surface area contributed by atoms with Crippen molar-refractivity contribution in [3.63, 3.8) is 0 Å². The number of tetrazole rings is 1. The molecule has 7 nitrogen and oxygen atoms in total. The first-order valence-electron chi connectivity index (χ1n) is 7.58. The highest BCUT2D eigenvalue weighted by Crippen LogP contribution is 2.31. The minimum atomic E-state index is -0.317. The number of hydrogen-bond donors (Lipinski definition) is 2. The standard InChI is InChI=1S/C17H11Cl2N5O2/c18-11-2-4-15-9(6-11)5-10(8-26-15)17(25)20-14-7-12(19)1-3-13(14)16-21-23-24-22-16/h1-7H,8H2,(H,20,25)(H,21,22,23,24). The van der Waals surface area contributed by atoms with Crippen molar-refractivity contribution in [3.8, 4) is 17.1 Å². The molecule has 26 heavy (non-hydrogen) atoms. The van der Waals surface area contributed by atoms with E-state index in [2.05, 4.69) is 25.9 Å². The van der Waals surface area contributed by atoms with Gasteiger partial charge in [0.05, 0.1) is 11.3 Å². The summed E-state index contributed by atoms with van der Waals surface area (Å²) in [5.74, 6) is 0.715. The number of rotatable bonds is 3. The number of benzene rings is 2. The van der Waals surface area contributed by atoms with E-state index in [0.717, 1.165) is 5.56 Å². The van der Waals surface area contributed by atoms with Gasteiger partial charge in [-0.3, -0.25) is 4.79 Å². The zero-order chi connectivity index (χ0) is 18.1. The Labute approximate surface area is 158 Å². The zero-order valence-corrected chi connectivity index (χ0v) is 14.7. The van der Waals surface area contributed by atoms with Crippen LogP contribution in [0.1, 0.15) is 5.56 Å². The van der Waals surface area contributed by atoms with Crippen LogP contribution in [0.2, 0.25) is 10.0 Å². The number of hydrogen-bond acceptors (Lipinski definition) is 5. The monoisotopic (exact) mass is 387 g/mol. The van der Waals surface area contributed by atoms with E-state index in [9.17, 15) is 4.79 Å². The number of nitrogens with one attached hydrogen (secondary N) is 2. The second kappa shape index (κ2) is 6.78. The maximum absolute atomic E-state index is 12.7. The summed E-state index contributed by atoms with van der Waals surface area (Å²) >= 11 is 12.1. The van der Waals surface area contributed by atoms with E-state index in [1.165, 1.54) is 0 Å². The third-order valence-corrected chi connectivity index (χ3v) is 4.26. The van der Waals surface area contributed by atoms with Crippen LogP contribution in [0, 0.1) is 0 Å². The second-order valence-electron chi connectivity index (χ2n) is 5.52. The molecule has 130 valence electrons. The van der Waals surface area contributed by atoms with Crippen LogP contribution in [0.15, 0.2) is 42.0 Å². The van der Waals surface area contributed by atoms with E-state index in [0.29, 0.717) is 38.4 Å². The van der Waals surface area contributed by atoms with Crippen LogP contribution in [0.4, 0.5) is 5.69 Å². The molecule has 4 rings (SSSR count). The summed E-state index contributed by atoms with van der Waals surface area (Å²) in [6.45, 7) is 0.151. The molecule has 0 saturated carbocycles. The van der Waals surface area contributed by atoms with Gasteiger partial charge in [0.2, 0.25) is 5.82 Å². The number of nitrogens with zero attached hydrogens (tertiary/aromatic N) is 3. The zero-order valence-electron chi connectivity index (χ0n) is 13.2. The highest BCUT2D eigenvalue weighted by Gasteiger charge is 2.19. The number of anilines is 1. The first-order chi connectivity index (χ1) is 12.6. The third kappa shape index (κ3) is 3.26. The number of fused-ring (bicyclic) bond motifs is 1. The summed E-state index contributed by atoms with van der Waals surface area (Å²) in [5.41, 5.74) is 2.27. The predicted molar refractivity (Wildman–Crippen MR) is 98.2 cm³/mol. The number of aromatic nitrogens is 4. The molecule has 2 aromatic carbocycles. The predicted octanol–water partition coefficient (Wildman–Crippen LogP) is 3.59. The average Bonchev–Trinajstić information content (AvgIpc) is 3.15. The lowest BCUT2D eigenvalue weighted by Gasteiger charge is -2.18. The molecule has 0 aliphatic carbocycles. The number of ether oxygens (including phenoxy) is 1. The van der Waals surface area contributed by atoms with Crippen molar-refractivity contribution in [2.24, 2.45) is 0 Å². The minimum Gasteiger partial charge on any atom is -0.488 e. The van der Waals surface area contributed by atoms with Crippen LogP contribution >= 0.6 is 23.2 Å². The Morgan fingerprint density at radius 2 is 1.96 bits per heavy atom. The Bertz CT molecular complexity index is 1020. The van der Waals surface area contributed by atoms with Crippen LogP contribution in [0.3, 0.4) is 0 Å². The molecular weight excluding hydrogens is 377 g/mol. The maximum atomic E-state index is 12.7. The number of halogens is 2. The second-order valence-corrected chi connectivity index (χ2v) is 6.39. The van der Waals surface area contributed by atoms with Crippen LogP contribution in [0.25, 0.3) is 17.5 Å². The highest BCUT2D eigenvalue weighted by molar-refractivity contribution is 6.31. The number of aromatic amines is 1. The van der Waals surface area contributed by atoms with Crippen LogP contribution in [-0.2, 0) is 4.79 Å². The van der Waals surface area contributed by atoms with E-state index in [-0.39, 0.29) is 12.5 Å². The van der Waals surface area contributed by atoms with Crippen molar-refractivity contribution in [2.45, 2.75) is 0 Å². The molecule has 0 saturated heterocycles. The summed E-state index contributed by atoms with van der Waals surface area (Å²) in [7, 11) is 0. The van der Waals surface area contributed by atoms with Crippen molar-refractivity contribution >= 4 is 40.9 Å². The first-order valence-corrected chi connectivity index (χ1v) is 8.33. The minimum absolute atomic E-state index is 0.151. The van der Waals surface area contributed by atoms with Crippen molar-refractivity contribution < 1.29 is 9.53 Å². The molecule has 0 bridgehead atoms. The van der Waals surface area contributed by atoms with Gasteiger partial charge in [-0.15, -0.1) is 10.2 Å². The molecule has 1 amide bonds. The van der Waals surface area contributed by atoms with Crippen molar-refractivity contribution in [3.05, 3.63) is 57.6 Å². The number of H-pyrrole nitrogens is 1. The fourth-order valence-electron chi connectivity index (χ4n) is 2.57. The Morgan fingerprint density at radius 3 is 2.77 bits per heavy atom. The largest absolute Gasteiger partial charge is 0.488 e. The summed E-state index contributed by atoms with van der Waals surface area (Å²) < 4.78 is 5.62. The molecular formula is C17H11Cl2N5O2. The molecule has 0 atom stereocenters. The summed E-state index contributed by atoms with van der Waals surface area (Å²) in [6, 6.07) is 10.3. The lowest BCUT2D eigenvalue weighted by atomic mass is 10.1. The van der Waals surface area contributed by atoms with Gasteiger partial charge < -0.3 is 10.1 Å². The molecule has 0 radical (unpaired) electrons. The molecule has 3 aromatic rings. The Hall–Kier alpha value is -2.90. The molecule has 0 fully saturated rings. The normalized spacial score (nSPS) is 12.8. The van der Waals surface area contributed by atoms with E-state index in [1.807, 2.05) is 0 Å². The topological polar surface area (TPSA) is 92.8 Å². The van der Waals surface area contributed by atoms with Gasteiger partial charge in [0.15, 0.2) is 0 Å². The quantitative estimate of drug-likeness (QED) is 0.716. The Kier molecular flexibility index (Phi) is 4.32. The molecule has 1 aliphatic rings. The van der Waals surface area contributed by atoms with Gasteiger partial charge in [-0.2, -0.15) is 5.21 Å². The lowest BCUT2D eigenvalue weighted by Crippen LogP contribution is -2.21. The van der Waals surface area contributed by atoms with Gasteiger partial charge in [0.25, 0.3) is 5.91 Å². The van der Waals surface area contributed by atoms with Gasteiger partial charge in [0, 0.05) is 21.2 Å². The van der Waals surface area contributed by atoms with E-state index >= 15 is 0 Å². The van der Waals surface area contributed by atoms with E-state index in [4.69, 9.17) is 27.9 Å². The number of amides is 1. The van der Waals surface area contributed by atoms with Crippen LogP contribution in [-0.4, -0.2) is 33.1 Å². The molecule has 2 heterocycles. The van der Waals surface area contributed by atoms with Gasteiger partial charge in [0.1, 0.15) is 12.4 Å². The highest BCUT2D eigenvalue weighted by atomic mass is 35.5. The Balaban J connectivity index is 1.64. The lowest BCUT2D eigenvalue weighted by molar-refractivity contribution is -0.113. The summed E-state index contributed by atoms with van der Waals surface area (Å²) in [4.78, 5) is 12.7. The number of carbonyl (C=O) groups excluding carboxylic acids is 1. The van der Waals surface area contributed by atoms with Crippen molar-refractivity contribution in [1.82, 2.24) is 20.6 Å². The smallest absolute Gasteiger partial charge is 0.255 e. The average molecular weight is 388 g/mol. The number of carbonyl (C=O) groups is 1. The van der Waals surface area contributed by atoms with Crippen LogP contribution < -0.4 is 10.1 Å². The SMILES string of the molecule is O=C(Nc1cc(Cl)ccc1-c1nn[nH]n1)C1=Cc2cc(Cl)ccc2OC1. The summed E-state index contributed by atoms with van der Waals surface area (Å²) in [6.07, 6.45) is 1.75. The van der Waals surface area contributed by atoms with E-state index < -0.39 is 0 Å².